The van der Waals surface area contributed by atoms with Crippen molar-refractivity contribution >= 4 is 17.3 Å². The highest BCUT2D eigenvalue weighted by Crippen LogP contribution is 2.35. The standard InChI is InChI=1S/C23H34N4O4/c28-22(24-18-23(9-3-1-4-10-23)26-11-5-2-6-12-26)19-7-8-20(21(17-19)27(29)30)25-13-15-31-16-14-25/h7-8,17H,1-6,9-16,18H2,(H,24,28). The first-order valence-electron chi connectivity index (χ1n) is 11.7. The maximum atomic E-state index is 13.0. The Labute approximate surface area is 184 Å². The molecule has 2 aliphatic heterocycles. The zero-order valence-electron chi connectivity index (χ0n) is 18.3. The fourth-order valence-corrected chi connectivity index (χ4v) is 5.41. The smallest absolute Gasteiger partial charge is 0.293 e. The Morgan fingerprint density at radius 1 is 1.03 bits per heavy atom. The molecule has 1 N–H and O–H groups in total. The number of nitrogens with zero attached hydrogens (tertiary/aromatic N) is 3. The minimum absolute atomic E-state index is 0.0158. The zero-order valence-corrected chi connectivity index (χ0v) is 18.3. The molecule has 0 bridgehead atoms. The Morgan fingerprint density at radius 2 is 1.71 bits per heavy atom. The summed E-state index contributed by atoms with van der Waals surface area (Å²) in [6.07, 6.45) is 9.64. The summed E-state index contributed by atoms with van der Waals surface area (Å²) in [6, 6.07) is 4.84. The molecule has 0 aromatic heterocycles. The third-order valence-electron chi connectivity index (χ3n) is 7.18. The van der Waals surface area contributed by atoms with Crippen molar-refractivity contribution in [3.63, 3.8) is 0 Å². The average Bonchev–Trinajstić information content (AvgIpc) is 2.84. The number of piperidine rings is 1. The van der Waals surface area contributed by atoms with Crippen molar-refractivity contribution in [1.82, 2.24) is 10.2 Å². The summed E-state index contributed by atoms with van der Waals surface area (Å²) in [6.45, 7) is 5.17. The van der Waals surface area contributed by atoms with Gasteiger partial charge in [0.15, 0.2) is 0 Å². The van der Waals surface area contributed by atoms with Crippen molar-refractivity contribution in [3.8, 4) is 0 Å². The maximum absolute atomic E-state index is 13.0. The number of likely N-dealkylation sites (tertiary alicyclic amines) is 1. The number of ether oxygens (including phenoxy) is 1. The first-order valence-corrected chi connectivity index (χ1v) is 11.7. The summed E-state index contributed by atoms with van der Waals surface area (Å²) >= 11 is 0. The minimum Gasteiger partial charge on any atom is -0.378 e. The fourth-order valence-electron chi connectivity index (χ4n) is 5.41. The van der Waals surface area contributed by atoms with Crippen LogP contribution >= 0.6 is 0 Å². The Balaban J connectivity index is 1.48. The van der Waals surface area contributed by atoms with E-state index in [-0.39, 0.29) is 17.1 Å². The van der Waals surface area contributed by atoms with Crippen LogP contribution in [0.2, 0.25) is 0 Å². The van der Waals surface area contributed by atoms with Gasteiger partial charge in [-0.1, -0.05) is 25.7 Å². The summed E-state index contributed by atoms with van der Waals surface area (Å²) in [5, 5.41) is 14.8. The van der Waals surface area contributed by atoms with Gasteiger partial charge in [0.25, 0.3) is 11.6 Å². The number of nitro benzene ring substituents is 1. The topological polar surface area (TPSA) is 88.0 Å². The number of rotatable bonds is 6. The SMILES string of the molecule is O=C(NCC1(N2CCCCC2)CCCCC1)c1ccc(N2CCOCC2)c([N+](=O)[O-])c1. The molecule has 1 aliphatic carbocycles. The lowest BCUT2D eigenvalue weighted by Crippen LogP contribution is -2.58. The largest absolute Gasteiger partial charge is 0.378 e. The number of hydrogen-bond acceptors (Lipinski definition) is 6. The molecule has 3 fully saturated rings. The van der Waals surface area contributed by atoms with Crippen molar-refractivity contribution < 1.29 is 14.5 Å². The first kappa shape index (κ1) is 22.0. The second-order valence-corrected chi connectivity index (χ2v) is 9.08. The van der Waals surface area contributed by atoms with Crippen LogP contribution in [0.3, 0.4) is 0 Å². The van der Waals surface area contributed by atoms with Crippen molar-refractivity contribution in [2.45, 2.75) is 56.9 Å². The van der Waals surface area contributed by atoms with Crippen molar-refractivity contribution in [1.29, 1.82) is 0 Å². The van der Waals surface area contributed by atoms with Gasteiger partial charge in [-0.05, 0) is 50.9 Å². The maximum Gasteiger partial charge on any atom is 0.293 e. The third kappa shape index (κ3) is 5.01. The Kier molecular flexibility index (Phi) is 7.07. The van der Waals surface area contributed by atoms with Gasteiger partial charge in [-0.25, -0.2) is 0 Å². The van der Waals surface area contributed by atoms with Crippen LogP contribution in [-0.2, 0) is 4.74 Å². The molecule has 0 spiro atoms. The van der Waals surface area contributed by atoms with E-state index >= 15 is 0 Å². The highest BCUT2D eigenvalue weighted by molar-refractivity contribution is 5.95. The number of carbonyl (C=O) groups excluding carboxylic acids is 1. The van der Waals surface area contributed by atoms with Gasteiger partial charge in [-0.3, -0.25) is 19.8 Å². The van der Waals surface area contributed by atoms with Crippen molar-refractivity contribution in [2.24, 2.45) is 0 Å². The lowest BCUT2D eigenvalue weighted by Gasteiger charge is -2.48. The lowest BCUT2D eigenvalue weighted by atomic mass is 9.79. The molecule has 2 heterocycles. The number of nitro groups is 1. The van der Waals surface area contributed by atoms with E-state index in [2.05, 4.69) is 10.2 Å². The molecule has 1 amide bonds. The van der Waals surface area contributed by atoms with Gasteiger partial charge in [0.05, 0.1) is 18.1 Å². The van der Waals surface area contributed by atoms with Crippen LogP contribution in [0.1, 0.15) is 61.7 Å². The molecule has 8 heteroatoms. The molecule has 3 aliphatic rings. The summed E-state index contributed by atoms with van der Waals surface area (Å²) in [4.78, 5) is 28.9. The van der Waals surface area contributed by atoms with Crippen LogP contribution in [0.15, 0.2) is 18.2 Å². The van der Waals surface area contributed by atoms with Crippen LogP contribution in [-0.4, -0.2) is 67.2 Å². The quantitative estimate of drug-likeness (QED) is 0.550. The monoisotopic (exact) mass is 430 g/mol. The van der Waals surface area contributed by atoms with Gasteiger partial charge in [0, 0.05) is 36.8 Å². The number of anilines is 1. The normalized spacial score (nSPS) is 22.1. The van der Waals surface area contributed by atoms with Gasteiger partial charge in [0.2, 0.25) is 0 Å². The third-order valence-corrected chi connectivity index (χ3v) is 7.18. The van der Waals surface area contributed by atoms with Crippen LogP contribution in [0, 0.1) is 10.1 Å². The van der Waals surface area contributed by atoms with E-state index in [9.17, 15) is 14.9 Å². The molecule has 1 saturated carbocycles. The van der Waals surface area contributed by atoms with Crippen molar-refractivity contribution in [3.05, 3.63) is 33.9 Å². The molecule has 0 atom stereocenters. The minimum atomic E-state index is -0.391. The molecular weight excluding hydrogens is 396 g/mol. The highest BCUT2D eigenvalue weighted by Gasteiger charge is 2.38. The zero-order chi connectivity index (χ0) is 21.7. The molecule has 8 nitrogen and oxygen atoms in total. The molecule has 1 aromatic rings. The summed E-state index contributed by atoms with van der Waals surface area (Å²) < 4.78 is 5.35. The molecule has 0 radical (unpaired) electrons. The van der Waals surface area contributed by atoms with E-state index in [0.717, 1.165) is 25.9 Å². The Morgan fingerprint density at radius 3 is 2.39 bits per heavy atom. The number of hydrogen-bond donors (Lipinski definition) is 1. The van der Waals surface area contributed by atoms with Crippen LogP contribution < -0.4 is 10.2 Å². The number of nitrogens with one attached hydrogen (secondary N) is 1. The molecule has 31 heavy (non-hydrogen) atoms. The second-order valence-electron chi connectivity index (χ2n) is 9.08. The lowest BCUT2D eigenvalue weighted by molar-refractivity contribution is -0.384. The van der Waals surface area contributed by atoms with Crippen molar-refractivity contribution in [2.75, 3.05) is 50.8 Å². The van der Waals surface area contributed by atoms with Crippen LogP contribution in [0.5, 0.6) is 0 Å². The fraction of sp³-hybridized carbons (Fsp3) is 0.696. The summed E-state index contributed by atoms with van der Waals surface area (Å²) in [7, 11) is 0. The number of benzene rings is 1. The van der Waals surface area contributed by atoms with Gasteiger partial charge in [-0.15, -0.1) is 0 Å². The van der Waals surface area contributed by atoms with Gasteiger partial charge >= 0.3 is 0 Å². The predicted molar refractivity (Wildman–Crippen MR) is 120 cm³/mol. The van der Waals surface area contributed by atoms with Gasteiger partial charge in [0.1, 0.15) is 5.69 Å². The Bertz CT molecular complexity index is 782. The van der Waals surface area contributed by atoms with E-state index < -0.39 is 4.92 Å². The van der Waals surface area contributed by atoms with E-state index in [0.29, 0.717) is 44.1 Å². The predicted octanol–water partition coefficient (Wildman–Crippen LogP) is 3.35. The molecule has 0 unspecified atom stereocenters. The molecule has 2 saturated heterocycles. The highest BCUT2D eigenvalue weighted by atomic mass is 16.6. The van der Waals surface area contributed by atoms with Gasteiger partial charge < -0.3 is 15.0 Å². The van der Waals surface area contributed by atoms with E-state index in [1.54, 1.807) is 12.1 Å². The van der Waals surface area contributed by atoms with E-state index in [4.69, 9.17) is 4.74 Å². The van der Waals surface area contributed by atoms with Gasteiger partial charge in [-0.2, -0.15) is 0 Å². The molecular formula is C23H34N4O4. The Hall–Kier alpha value is -2.19. The second kappa shape index (κ2) is 9.96. The molecule has 170 valence electrons. The van der Waals surface area contributed by atoms with Crippen LogP contribution in [0.25, 0.3) is 0 Å². The number of carbonyl (C=O) groups is 1. The molecule has 4 rings (SSSR count). The first-order chi connectivity index (χ1) is 15.1. The van der Waals surface area contributed by atoms with Crippen LogP contribution in [0.4, 0.5) is 11.4 Å². The summed E-state index contributed by atoms with van der Waals surface area (Å²) in [5.41, 5.74) is 0.932. The van der Waals surface area contributed by atoms with E-state index in [1.807, 2.05) is 4.90 Å². The average molecular weight is 431 g/mol. The molecule has 1 aromatic carbocycles. The summed E-state index contributed by atoms with van der Waals surface area (Å²) in [5.74, 6) is -0.224. The van der Waals surface area contributed by atoms with E-state index in [1.165, 1.54) is 44.6 Å². The number of morpholine rings is 1. The number of amides is 1.